The summed E-state index contributed by atoms with van der Waals surface area (Å²) in [6.45, 7) is 2.22. The maximum atomic E-state index is 11.1. The van der Waals surface area contributed by atoms with Crippen LogP contribution in [-0.4, -0.2) is 6.29 Å². The first-order valence-electron chi connectivity index (χ1n) is 8.82. The van der Waals surface area contributed by atoms with Crippen molar-refractivity contribution in [1.82, 2.24) is 0 Å². The van der Waals surface area contributed by atoms with Crippen molar-refractivity contribution in [2.24, 2.45) is 23.6 Å². The zero-order valence-electron chi connectivity index (χ0n) is 14.2. The summed E-state index contributed by atoms with van der Waals surface area (Å²) in [7, 11) is 0. The number of carbonyl (C=O) groups is 1. The van der Waals surface area contributed by atoms with E-state index in [1.54, 1.807) is 0 Å². The van der Waals surface area contributed by atoms with Crippen LogP contribution in [0.2, 0.25) is 0 Å². The Labute approximate surface area is 106 Å². The molecule has 92 valence electrons. The molecule has 16 heavy (non-hydrogen) atoms. The van der Waals surface area contributed by atoms with E-state index in [0.717, 1.165) is 18.8 Å². The van der Waals surface area contributed by atoms with Gasteiger partial charge in [0.2, 0.25) is 0 Å². The van der Waals surface area contributed by atoms with E-state index in [2.05, 4.69) is 6.92 Å². The van der Waals surface area contributed by atoms with Crippen LogP contribution in [0.5, 0.6) is 0 Å². The predicted octanol–water partition coefficient (Wildman–Crippen LogP) is 4.21. The molecule has 0 spiro atoms. The van der Waals surface area contributed by atoms with Crippen molar-refractivity contribution >= 4 is 6.29 Å². The Kier molecular flexibility index (Phi) is 2.88. The fourth-order valence-corrected chi connectivity index (χ4v) is 3.18. The second-order valence-corrected chi connectivity index (χ2v) is 5.35. The summed E-state index contributed by atoms with van der Waals surface area (Å²) >= 11 is 0. The summed E-state index contributed by atoms with van der Waals surface area (Å²) in [4.78, 5) is 11.1. The molecule has 0 bridgehead atoms. The number of hydrogen-bond donors (Lipinski definition) is 0. The van der Waals surface area contributed by atoms with Gasteiger partial charge in [0.05, 0.1) is 0 Å². The third-order valence-corrected chi connectivity index (χ3v) is 4.45. The summed E-state index contributed by atoms with van der Waals surface area (Å²) in [5, 5.41) is 0. The Morgan fingerprint density at radius 2 is 1.88 bits per heavy atom. The van der Waals surface area contributed by atoms with Crippen molar-refractivity contribution in [2.75, 3.05) is 0 Å². The van der Waals surface area contributed by atoms with Gasteiger partial charge in [-0.2, -0.15) is 0 Å². The molecule has 2 rings (SSSR count). The molecule has 0 N–H and O–H groups in total. The molecule has 1 nitrogen and oxygen atoms in total. The molecule has 2 fully saturated rings. The Morgan fingerprint density at radius 1 is 1.19 bits per heavy atom. The fraction of sp³-hybridized carbons (Fsp3) is 0.933. The quantitative estimate of drug-likeness (QED) is 0.659. The lowest BCUT2D eigenvalue weighted by atomic mass is 9.69. The first-order chi connectivity index (χ1) is 9.35. The maximum absolute atomic E-state index is 11.1. The average molecular weight is 226 g/mol. The third kappa shape index (κ3) is 2.87. The summed E-state index contributed by atoms with van der Waals surface area (Å²) in [5.74, 6) is -0.509. The highest BCUT2D eigenvalue weighted by Gasteiger charge is 2.30. The zero-order valence-corrected chi connectivity index (χ0v) is 10.2. The lowest BCUT2D eigenvalue weighted by molar-refractivity contribution is -0.112. The number of rotatable bonds is 3. The van der Waals surface area contributed by atoms with Gasteiger partial charge in [0, 0.05) is 11.4 Å². The second kappa shape index (κ2) is 5.84. The highest BCUT2D eigenvalue weighted by atomic mass is 16.1. The van der Waals surface area contributed by atoms with Gasteiger partial charge in [-0.15, -0.1) is 0 Å². The Balaban J connectivity index is 2.07. The van der Waals surface area contributed by atoms with Crippen LogP contribution < -0.4 is 0 Å². The monoisotopic (exact) mass is 226 g/mol. The molecular weight excluding hydrogens is 196 g/mol. The molecule has 0 saturated heterocycles. The molecule has 2 aliphatic rings. The highest BCUT2D eigenvalue weighted by molar-refractivity contribution is 5.53. The number of carbonyl (C=O) groups excluding carboxylic acids is 1. The third-order valence-electron chi connectivity index (χ3n) is 4.45. The lowest BCUT2D eigenvalue weighted by Gasteiger charge is -2.36. The van der Waals surface area contributed by atoms with Gasteiger partial charge in [-0.1, -0.05) is 26.2 Å². The molecule has 3 unspecified atom stereocenters. The molecular formula is C15H26O. The van der Waals surface area contributed by atoms with Crippen LogP contribution in [0.3, 0.4) is 0 Å². The minimum Gasteiger partial charge on any atom is -0.303 e. The molecule has 0 aliphatic heterocycles. The van der Waals surface area contributed by atoms with Gasteiger partial charge in [0.1, 0.15) is 6.29 Å². The van der Waals surface area contributed by atoms with E-state index in [1.807, 2.05) is 0 Å². The van der Waals surface area contributed by atoms with E-state index in [9.17, 15) is 4.79 Å². The average Bonchev–Trinajstić information content (AvgIpc) is 2.46. The van der Waals surface area contributed by atoms with Crippen LogP contribution in [0.4, 0.5) is 0 Å². The molecule has 0 amide bonds. The standard InChI is InChI=1S/C15H26O/c1-2-12-3-7-14(8-4-12)15-9-5-13(11-16)6-10-15/h11-15H,2-10H2,1H3/i5D2,9D,13D. The van der Waals surface area contributed by atoms with Crippen molar-refractivity contribution in [3.63, 3.8) is 0 Å². The topological polar surface area (TPSA) is 17.1 Å². The van der Waals surface area contributed by atoms with Gasteiger partial charge in [-0.3, -0.25) is 0 Å². The molecule has 0 heterocycles. The van der Waals surface area contributed by atoms with E-state index in [4.69, 9.17) is 5.48 Å². The van der Waals surface area contributed by atoms with Crippen LogP contribution in [-0.2, 0) is 4.79 Å². The van der Waals surface area contributed by atoms with Crippen molar-refractivity contribution in [1.29, 1.82) is 0 Å². The summed E-state index contributed by atoms with van der Waals surface area (Å²) in [6, 6.07) is 0. The van der Waals surface area contributed by atoms with Crippen molar-refractivity contribution in [2.45, 2.75) is 64.6 Å². The van der Waals surface area contributed by atoms with Crippen LogP contribution in [0.25, 0.3) is 0 Å². The van der Waals surface area contributed by atoms with Crippen LogP contribution in [0.15, 0.2) is 0 Å². The SMILES string of the molecule is [2H]C1C(C2CCC(CC)CC2)CCC([2H])(C=O)C1([2H])[2H]. The Bertz CT molecular complexity index is 352. The summed E-state index contributed by atoms with van der Waals surface area (Å²) < 4.78 is 32.4. The minimum atomic E-state index is -2.03. The Morgan fingerprint density at radius 3 is 2.50 bits per heavy atom. The lowest BCUT2D eigenvalue weighted by Crippen LogP contribution is -2.26. The largest absolute Gasteiger partial charge is 0.303 e. The molecule has 0 aromatic carbocycles. The van der Waals surface area contributed by atoms with E-state index in [-0.39, 0.29) is 12.3 Å². The maximum Gasteiger partial charge on any atom is 0.123 e. The fourth-order valence-electron chi connectivity index (χ4n) is 3.18. The smallest absolute Gasteiger partial charge is 0.123 e. The number of aldehydes is 1. The summed E-state index contributed by atoms with van der Waals surface area (Å²) in [5.41, 5.74) is 0. The Hall–Kier alpha value is -0.330. The van der Waals surface area contributed by atoms with E-state index >= 15 is 0 Å². The first-order valence-corrected chi connectivity index (χ1v) is 6.74. The molecule has 3 atom stereocenters. The van der Waals surface area contributed by atoms with Crippen LogP contribution in [0, 0.1) is 23.6 Å². The van der Waals surface area contributed by atoms with Crippen LogP contribution >= 0.6 is 0 Å². The minimum absolute atomic E-state index is 0.0150. The molecule has 0 aromatic heterocycles. The first kappa shape index (κ1) is 7.89. The van der Waals surface area contributed by atoms with Crippen LogP contribution in [0.1, 0.15) is 70.1 Å². The number of hydrogen-bond acceptors (Lipinski definition) is 1. The van der Waals surface area contributed by atoms with Gasteiger partial charge in [0.25, 0.3) is 0 Å². The predicted molar refractivity (Wildman–Crippen MR) is 67.3 cm³/mol. The van der Waals surface area contributed by atoms with Crippen molar-refractivity contribution in [3.8, 4) is 0 Å². The van der Waals surface area contributed by atoms with Gasteiger partial charge in [-0.05, 0) is 56.2 Å². The van der Waals surface area contributed by atoms with Crippen molar-refractivity contribution < 1.29 is 10.3 Å². The van der Waals surface area contributed by atoms with E-state index in [0.29, 0.717) is 18.6 Å². The van der Waals surface area contributed by atoms with Crippen molar-refractivity contribution in [3.05, 3.63) is 0 Å². The normalized spacial score (nSPS) is 56.6. The molecule has 2 aliphatic carbocycles. The second-order valence-electron chi connectivity index (χ2n) is 5.35. The van der Waals surface area contributed by atoms with E-state index in [1.165, 1.54) is 19.3 Å². The highest BCUT2D eigenvalue weighted by Crippen LogP contribution is 2.41. The van der Waals surface area contributed by atoms with Gasteiger partial charge < -0.3 is 4.79 Å². The molecule has 1 heteroatoms. The van der Waals surface area contributed by atoms with Gasteiger partial charge in [-0.25, -0.2) is 0 Å². The molecule has 0 radical (unpaired) electrons. The summed E-state index contributed by atoms with van der Waals surface area (Å²) in [6.07, 6.45) is 4.11. The van der Waals surface area contributed by atoms with E-state index < -0.39 is 18.7 Å². The zero-order chi connectivity index (χ0) is 15.0. The molecule has 0 aromatic rings. The van der Waals surface area contributed by atoms with Gasteiger partial charge in [0.15, 0.2) is 0 Å². The molecule has 2 saturated carbocycles. The van der Waals surface area contributed by atoms with Gasteiger partial charge >= 0.3 is 0 Å².